The van der Waals surface area contributed by atoms with E-state index in [9.17, 15) is 9.59 Å². The molecule has 0 unspecified atom stereocenters. The number of amides is 3. The molecule has 0 atom stereocenters. The van der Waals surface area contributed by atoms with Gasteiger partial charge in [0.1, 0.15) is 0 Å². The van der Waals surface area contributed by atoms with Crippen molar-refractivity contribution in [3.63, 3.8) is 0 Å². The average Bonchev–Trinajstić information content (AvgIpc) is 2.28. The summed E-state index contributed by atoms with van der Waals surface area (Å²) in [7, 11) is 0. The average molecular weight is 235 g/mol. The fourth-order valence-electron chi connectivity index (χ4n) is 1.23. The third kappa shape index (κ3) is 5.01. The number of rotatable bonds is 4. The van der Waals surface area contributed by atoms with Crippen LogP contribution < -0.4 is 16.0 Å². The number of anilines is 1. The molecule has 17 heavy (non-hydrogen) atoms. The maximum absolute atomic E-state index is 11.3. The van der Waals surface area contributed by atoms with Crippen molar-refractivity contribution in [1.82, 2.24) is 10.6 Å². The number of nitrogens with one attached hydrogen (secondary N) is 3. The Balaban J connectivity index is 2.33. The third-order valence-corrected chi connectivity index (χ3v) is 2.09. The predicted octanol–water partition coefficient (Wildman–Crippen LogP) is 1.25. The van der Waals surface area contributed by atoms with Gasteiger partial charge in [-0.15, -0.1) is 0 Å². The summed E-state index contributed by atoms with van der Waals surface area (Å²) in [6.45, 7) is 4.34. The zero-order valence-electron chi connectivity index (χ0n) is 10.0. The van der Waals surface area contributed by atoms with Gasteiger partial charge in [-0.2, -0.15) is 0 Å². The van der Waals surface area contributed by atoms with Gasteiger partial charge in [0, 0.05) is 12.2 Å². The Kier molecular flexibility index (Phi) is 5.00. The lowest BCUT2D eigenvalue weighted by atomic mass is 10.2. The zero-order valence-corrected chi connectivity index (χ0v) is 10.0. The van der Waals surface area contributed by atoms with Gasteiger partial charge in [0.05, 0.1) is 6.54 Å². The molecule has 0 aliphatic carbocycles. The van der Waals surface area contributed by atoms with Crippen molar-refractivity contribution in [2.24, 2.45) is 0 Å². The first-order valence-electron chi connectivity index (χ1n) is 5.50. The topological polar surface area (TPSA) is 70.2 Å². The van der Waals surface area contributed by atoms with E-state index in [2.05, 4.69) is 16.0 Å². The highest BCUT2D eigenvalue weighted by Crippen LogP contribution is 2.07. The minimum atomic E-state index is -0.469. The van der Waals surface area contributed by atoms with Gasteiger partial charge in [-0.3, -0.25) is 10.1 Å². The summed E-state index contributed by atoms with van der Waals surface area (Å²) in [5.74, 6) is -0.364. The Bertz CT molecular complexity index is 387. The minimum Gasteiger partial charge on any atom is -0.376 e. The molecule has 3 N–H and O–H groups in total. The molecule has 1 aromatic carbocycles. The van der Waals surface area contributed by atoms with E-state index in [4.69, 9.17) is 0 Å². The summed E-state index contributed by atoms with van der Waals surface area (Å²) in [4.78, 5) is 22.4. The summed E-state index contributed by atoms with van der Waals surface area (Å²) in [6.07, 6.45) is 0. The highest BCUT2D eigenvalue weighted by molar-refractivity contribution is 5.96. The van der Waals surface area contributed by atoms with E-state index in [1.165, 1.54) is 0 Å². The molecule has 3 amide bonds. The Hall–Kier alpha value is -2.04. The maximum atomic E-state index is 11.3. The van der Waals surface area contributed by atoms with Gasteiger partial charge in [-0.1, -0.05) is 17.7 Å². The Morgan fingerprint density at radius 2 is 1.82 bits per heavy atom. The van der Waals surface area contributed by atoms with Crippen molar-refractivity contribution in [2.75, 3.05) is 18.4 Å². The molecular formula is C12H17N3O2. The van der Waals surface area contributed by atoms with Gasteiger partial charge in [-0.25, -0.2) is 4.79 Å². The van der Waals surface area contributed by atoms with Gasteiger partial charge in [0.25, 0.3) is 0 Å². The maximum Gasteiger partial charge on any atom is 0.321 e. The van der Waals surface area contributed by atoms with E-state index in [0.29, 0.717) is 6.54 Å². The van der Waals surface area contributed by atoms with Crippen LogP contribution in [0.2, 0.25) is 0 Å². The third-order valence-electron chi connectivity index (χ3n) is 2.09. The van der Waals surface area contributed by atoms with Crippen molar-refractivity contribution in [2.45, 2.75) is 13.8 Å². The second-order valence-electron chi connectivity index (χ2n) is 3.63. The Labute approximate surface area is 101 Å². The first-order chi connectivity index (χ1) is 8.11. The zero-order chi connectivity index (χ0) is 12.7. The van der Waals surface area contributed by atoms with Crippen LogP contribution in [-0.4, -0.2) is 25.0 Å². The van der Waals surface area contributed by atoms with Crippen LogP contribution in [0.15, 0.2) is 24.3 Å². The van der Waals surface area contributed by atoms with Crippen molar-refractivity contribution in [3.8, 4) is 0 Å². The first-order valence-corrected chi connectivity index (χ1v) is 5.50. The largest absolute Gasteiger partial charge is 0.376 e. The molecule has 0 aliphatic heterocycles. The minimum absolute atomic E-state index is 0.0696. The van der Waals surface area contributed by atoms with Gasteiger partial charge in [0.15, 0.2) is 0 Å². The van der Waals surface area contributed by atoms with Gasteiger partial charge in [-0.05, 0) is 26.0 Å². The molecule has 0 aliphatic rings. The first kappa shape index (κ1) is 13.0. The summed E-state index contributed by atoms with van der Waals surface area (Å²) in [6, 6.07) is 7.19. The number of carbonyl (C=O) groups is 2. The van der Waals surface area contributed by atoms with Crippen molar-refractivity contribution >= 4 is 17.6 Å². The molecular weight excluding hydrogens is 218 g/mol. The molecule has 0 spiro atoms. The highest BCUT2D eigenvalue weighted by atomic mass is 16.2. The van der Waals surface area contributed by atoms with Crippen LogP contribution in [0, 0.1) is 6.92 Å². The number of hydrogen-bond donors (Lipinski definition) is 3. The van der Waals surface area contributed by atoms with Crippen molar-refractivity contribution in [3.05, 3.63) is 29.8 Å². The highest BCUT2D eigenvalue weighted by Gasteiger charge is 2.05. The lowest BCUT2D eigenvalue weighted by Gasteiger charge is -2.07. The fourth-order valence-corrected chi connectivity index (χ4v) is 1.23. The van der Waals surface area contributed by atoms with Crippen LogP contribution >= 0.6 is 0 Å². The summed E-state index contributed by atoms with van der Waals surface area (Å²) < 4.78 is 0. The van der Waals surface area contributed by atoms with Crippen molar-refractivity contribution in [1.29, 1.82) is 0 Å². The lowest BCUT2D eigenvalue weighted by Crippen LogP contribution is -2.41. The number of aryl methyl sites for hydroxylation is 1. The van der Waals surface area contributed by atoms with Crippen LogP contribution in [0.1, 0.15) is 12.5 Å². The number of imide groups is 1. The monoisotopic (exact) mass is 235 g/mol. The summed E-state index contributed by atoms with van der Waals surface area (Å²) in [5, 5.41) is 7.62. The Morgan fingerprint density at radius 1 is 1.18 bits per heavy atom. The van der Waals surface area contributed by atoms with E-state index < -0.39 is 6.03 Å². The summed E-state index contributed by atoms with van der Waals surface area (Å²) >= 11 is 0. The standard InChI is InChI=1S/C12H17N3O2/c1-3-13-12(17)15-11(16)8-14-10-6-4-9(2)5-7-10/h4-7,14H,3,8H2,1-2H3,(H2,13,15,16,17). The van der Waals surface area contributed by atoms with Crippen molar-refractivity contribution < 1.29 is 9.59 Å². The second-order valence-corrected chi connectivity index (χ2v) is 3.63. The van der Waals surface area contributed by atoms with Gasteiger partial charge < -0.3 is 10.6 Å². The van der Waals surface area contributed by atoms with Crippen LogP contribution in [0.3, 0.4) is 0 Å². The van der Waals surface area contributed by atoms with E-state index in [0.717, 1.165) is 11.3 Å². The van der Waals surface area contributed by atoms with Gasteiger partial charge >= 0.3 is 6.03 Å². The molecule has 1 aromatic rings. The normalized spacial score (nSPS) is 9.53. The molecule has 0 bridgehead atoms. The Morgan fingerprint density at radius 3 is 2.41 bits per heavy atom. The lowest BCUT2D eigenvalue weighted by molar-refractivity contribution is -0.118. The molecule has 0 saturated heterocycles. The van der Waals surface area contributed by atoms with Gasteiger partial charge in [0.2, 0.25) is 5.91 Å². The quantitative estimate of drug-likeness (QED) is 0.735. The van der Waals surface area contributed by atoms with E-state index >= 15 is 0 Å². The molecule has 92 valence electrons. The van der Waals surface area contributed by atoms with Crippen LogP contribution in [0.4, 0.5) is 10.5 Å². The van der Waals surface area contributed by atoms with Crippen LogP contribution in [-0.2, 0) is 4.79 Å². The SMILES string of the molecule is CCNC(=O)NC(=O)CNc1ccc(C)cc1. The molecule has 0 saturated carbocycles. The van der Waals surface area contributed by atoms with Crippen LogP contribution in [0.5, 0.6) is 0 Å². The molecule has 0 radical (unpaired) electrons. The van der Waals surface area contributed by atoms with E-state index in [1.807, 2.05) is 31.2 Å². The number of urea groups is 1. The smallest absolute Gasteiger partial charge is 0.321 e. The number of benzene rings is 1. The van der Waals surface area contributed by atoms with Crippen LogP contribution in [0.25, 0.3) is 0 Å². The van der Waals surface area contributed by atoms with E-state index in [-0.39, 0.29) is 12.5 Å². The predicted molar refractivity (Wildman–Crippen MR) is 66.9 cm³/mol. The molecule has 0 fully saturated rings. The molecule has 1 rings (SSSR count). The van der Waals surface area contributed by atoms with E-state index in [1.54, 1.807) is 6.92 Å². The fraction of sp³-hybridized carbons (Fsp3) is 0.333. The molecule has 5 heteroatoms. The molecule has 0 aromatic heterocycles. The summed E-state index contributed by atoms with van der Waals surface area (Å²) in [5.41, 5.74) is 2.00. The number of hydrogen-bond acceptors (Lipinski definition) is 3. The second kappa shape index (κ2) is 6.52. The molecule has 0 heterocycles. The molecule has 5 nitrogen and oxygen atoms in total. The number of carbonyl (C=O) groups excluding carboxylic acids is 2.